The van der Waals surface area contributed by atoms with E-state index in [0.717, 1.165) is 30.8 Å². The minimum atomic E-state index is -0.105. The fourth-order valence-corrected chi connectivity index (χ4v) is 3.53. The van der Waals surface area contributed by atoms with Crippen molar-refractivity contribution in [2.45, 2.75) is 32.5 Å². The van der Waals surface area contributed by atoms with Crippen molar-refractivity contribution in [3.63, 3.8) is 0 Å². The van der Waals surface area contributed by atoms with E-state index >= 15 is 0 Å². The van der Waals surface area contributed by atoms with Crippen LogP contribution in [-0.4, -0.2) is 42.6 Å². The van der Waals surface area contributed by atoms with E-state index in [-0.39, 0.29) is 18.1 Å². The lowest BCUT2D eigenvalue weighted by atomic mass is 10.0. The summed E-state index contributed by atoms with van der Waals surface area (Å²) in [5.41, 5.74) is 2.99. The molecule has 1 saturated heterocycles. The highest BCUT2D eigenvalue weighted by molar-refractivity contribution is 5.94. The number of carbonyl (C=O) groups is 1. The lowest BCUT2D eigenvalue weighted by Crippen LogP contribution is -2.51. The predicted octanol–water partition coefficient (Wildman–Crippen LogP) is 2.59. The van der Waals surface area contributed by atoms with E-state index < -0.39 is 0 Å². The largest absolute Gasteiger partial charge is 0.373 e. The Morgan fingerprint density at radius 1 is 1.08 bits per heavy atom. The van der Waals surface area contributed by atoms with Gasteiger partial charge in [0, 0.05) is 13.1 Å². The second-order valence-corrected chi connectivity index (χ2v) is 7.01. The molecule has 1 amide bonds. The van der Waals surface area contributed by atoms with Crippen molar-refractivity contribution in [1.82, 2.24) is 4.90 Å². The van der Waals surface area contributed by atoms with Gasteiger partial charge in [0.25, 0.3) is 5.91 Å². The molecule has 1 fully saturated rings. The molecule has 1 aliphatic heterocycles. The summed E-state index contributed by atoms with van der Waals surface area (Å²) >= 11 is 0. The second-order valence-electron chi connectivity index (χ2n) is 7.01. The first-order chi connectivity index (χ1) is 12.5. The SMILES string of the molecule is CC1CN(CC(=O)N(N)c2ccccc2Cc2ccccc2)C[C@@H](C)O1. The van der Waals surface area contributed by atoms with Crippen LogP contribution >= 0.6 is 0 Å². The van der Waals surface area contributed by atoms with Gasteiger partial charge < -0.3 is 4.74 Å². The Hall–Kier alpha value is -2.21. The lowest BCUT2D eigenvalue weighted by Gasteiger charge is -2.35. The van der Waals surface area contributed by atoms with Gasteiger partial charge in [-0.25, -0.2) is 10.9 Å². The average Bonchev–Trinajstić information content (AvgIpc) is 2.61. The van der Waals surface area contributed by atoms with E-state index in [1.165, 1.54) is 10.6 Å². The van der Waals surface area contributed by atoms with Gasteiger partial charge in [-0.15, -0.1) is 0 Å². The van der Waals surface area contributed by atoms with Crippen molar-refractivity contribution in [3.8, 4) is 0 Å². The summed E-state index contributed by atoms with van der Waals surface area (Å²) in [7, 11) is 0. The van der Waals surface area contributed by atoms with Crippen molar-refractivity contribution in [2.75, 3.05) is 24.6 Å². The third kappa shape index (κ3) is 4.69. The molecule has 0 spiro atoms. The van der Waals surface area contributed by atoms with Gasteiger partial charge in [0.2, 0.25) is 0 Å². The zero-order chi connectivity index (χ0) is 18.5. The van der Waals surface area contributed by atoms with Crippen molar-refractivity contribution >= 4 is 11.6 Å². The summed E-state index contributed by atoms with van der Waals surface area (Å²) in [6.07, 6.45) is 0.996. The first kappa shape index (κ1) is 18.6. The molecule has 1 unspecified atom stereocenters. The van der Waals surface area contributed by atoms with Gasteiger partial charge in [0.15, 0.2) is 0 Å². The topological polar surface area (TPSA) is 58.8 Å². The molecule has 0 aromatic heterocycles. The Labute approximate surface area is 155 Å². The van der Waals surface area contributed by atoms with E-state index in [0.29, 0.717) is 6.54 Å². The Balaban J connectivity index is 1.71. The van der Waals surface area contributed by atoms with Crippen LogP contribution in [0.1, 0.15) is 25.0 Å². The van der Waals surface area contributed by atoms with Crippen LogP contribution in [-0.2, 0) is 16.0 Å². The number of hydrogen-bond donors (Lipinski definition) is 1. The minimum absolute atomic E-state index is 0.105. The number of carbonyl (C=O) groups excluding carboxylic acids is 1. The highest BCUT2D eigenvalue weighted by Gasteiger charge is 2.25. The number of hydrogen-bond acceptors (Lipinski definition) is 4. The van der Waals surface area contributed by atoms with E-state index in [2.05, 4.69) is 17.0 Å². The van der Waals surface area contributed by atoms with Gasteiger partial charge in [0.1, 0.15) is 0 Å². The summed E-state index contributed by atoms with van der Waals surface area (Å²) in [6.45, 7) is 5.85. The normalized spacial score (nSPS) is 20.7. The maximum absolute atomic E-state index is 12.7. The van der Waals surface area contributed by atoms with E-state index in [4.69, 9.17) is 10.6 Å². The second kappa shape index (κ2) is 8.45. The minimum Gasteiger partial charge on any atom is -0.373 e. The fraction of sp³-hybridized carbons (Fsp3) is 0.381. The van der Waals surface area contributed by atoms with E-state index in [9.17, 15) is 4.79 Å². The molecule has 5 nitrogen and oxygen atoms in total. The number of nitrogens with zero attached hydrogens (tertiary/aromatic N) is 2. The van der Waals surface area contributed by atoms with Gasteiger partial charge in [0.05, 0.1) is 24.4 Å². The van der Waals surface area contributed by atoms with Crippen LogP contribution in [0.25, 0.3) is 0 Å². The molecular formula is C21H27N3O2. The third-order valence-corrected chi connectivity index (χ3v) is 4.61. The molecule has 0 radical (unpaired) electrons. The number of benzene rings is 2. The molecule has 2 atom stereocenters. The van der Waals surface area contributed by atoms with Gasteiger partial charge in [-0.05, 0) is 37.5 Å². The van der Waals surface area contributed by atoms with Gasteiger partial charge in [-0.3, -0.25) is 9.69 Å². The first-order valence-electron chi connectivity index (χ1n) is 9.10. The molecule has 2 aromatic rings. The molecule has 2 N–H and O–H groups in total. The predicted molar refractivity (Wildman–Crippen MR) is 104 cm³/mol. The van der Waals surface area contributed by atoms with Crippen LogP contribution in [0.15, 0.2) is 54.6 Å². The zero-order valence-electron chi connectivity index (χ0n) is 15.5. The third-order valence-electron chi connectivity index (χ3n) is 4.61. The van der Waals surface area contributed by atoms with E-state index in [1.54, 1.807) is 0 Å². The molecule has 5 heteroatoms. The smallest absolute Gasteiger partial charge is 0.255 e. The molecule has 1 heterocycles. The Morgan fingerprint density at radius 3 is 2.38 bits per heavy atom. The van der Waals surface area contributed by atoms with Crippen molar-refractivity contribution in [3.05, 3.63) is 65.7 Å². The lowest BCUT2D eigenvalue weighted by molar-refractivity contribution is -0.123. The maximum Gasteiger partial charge on any atom is 0.255 e. The number of amides is 1. The molecule has 1 aliphatic rings. The summed E-state index contributed by atoms with van der Waals surface area (Å²) in [6, 6.07) is 18.0. The molecule has 26 heavy (non-hydrogen) atoms. The van der Waals surface area contributed by atoms with Crippen molar-refractivity contribution < 1.29 is 9.53 Å². The number of anilines is 1. The number of para-hydroxylation sites is 1. The van der Waals surface area contributed by atoms with Crippen molar-refractivity contribution in [2.24, 2.45) is 5.84 Å². The van der Waals surface area contributed by atoms with Crippen LogP contribution < -0.4 is 10.9 Å². The first-order valence-corrected chi connectivity index (χ1v) is 9.10. The number of ether oxygens (including phenoxy) is 1. The molecule has 2 aromatic carbocycles. The maximum atomic E-state index is 12.7. The number of hydrazine groups is 1. The number of nitrogens with two attached hydrogens (primary N) is 1. The van der Waals surface area contributed by atoms with Crippen molar-refractivity contribution in [1.29, 1.82) is 0 Å². The number of rotatable bonds is 5. The number of morpholine rings is 1. The van der Waals surface area contributed by atoms with Gasteiger partial charge >= 0.3 is 0 Å². The Kier molecular flexibility index (Phi) is 6.04. The van der Waals surface area contributed by atoms with Gasteiger partial charge in [-0.2, -0.15) is 0 Å². The highest BCUT2D eigenvalue weighted by atomic mass is 16.5. The molecular weight excluding hydrogens is 326 g/mol. The standard InChI is InChI=1S/C21H27N3O2/c1-16-13-23(14-17(2)26-16)15-21(25)24(22)20-11-7-6-10-19(20)12-18-8-4-3-5-9-18/h3-11,16-17H,12-15,22H2,1-2H3/t16-,17?/m1/s1. The molecule has 0 saturated carbocycles. The highest BCUT2D eigenvalue weighted by Crippen LogP contribution is 2.22. The van der Waals surface area contributed by atoms with Crippen LogP contribution in [0.5, 0.6) is 0 Å². The Bertz CT molecular complexity index is 725. The molecule has 138 valence electrons. The van der Waals surface area contributed by atoms with Crippen LogP contribution in [0, 0.1) is 0 Å². The fourth-order valence-electron chi connectivity index (χ4n) is 3.53. The summed E-state index contributed by atoms with van der Waals surface area (Å²) < 4.78 is 5.73. The average molecular weight is 353 g/mol. The molecule has 0 bridgehead atoms. The van der Waals surface area contributed by atoms with Gasteiger partial charge in [-0.1, -0.05) is 48.5 Å². The van der Waals surface area contributed by atoms with Crippen LogP contribution in [0.4, 0.5) is 5.69 Å². The van der Waals surface area contributed by atoms with Crippen LogP contribution in [0.2, 0.25) is 0 Å². The van der Waals surface area contributed by atoms with E-state index in [1.807, 2.05) is 56.3 Å². The molecule has 3 rings (SSSR count). The monoisotopic (exact) mass is 353 g/mol. The Morgan fingerprint density at radius 2 is 1.69 bits per heavy atom. The zero-order valence-corrected chi connectivity index (χ0v) is 15.5. The quantitative estimate of drug-likeness (QED) is 0.510. The van der Waals surface area contributed by atoms with Crippen LogP contribution in [0.3, 0.4) is 0 Å². The summed E-state index contributed by atoms with van der Waals surface area (Å²) in [4.78, 5) is 14.9. The molecule has 0 aliphatic carbocycles. The summed E-state index contributed by atoms with van der Waals surface area (Å²) in [5, 5.41) is 1.29. The summed E-state index contributed by atoms with van der Waals surface area (Å²) in [5.74, 6) is 6.10.